The summed E-state index contributed by atoms with van der Waals surface area (Å²) in [7, 11) is 0. The Labute approximate surface area is 327 Å². The fourth-order valence-corrected chi connectivity index (χ4v) is 9.28. The molecule has 3 heteroatoms. The Hall–Kier alpha value is -6.94. The lowest BCUT2D eigenvalue weighted by molar-refractivity contribution is 0.436. The minimum absolute atomic E-state index is 0.0303. The van der Waals surface area contributed by atoms with Gasteiger partial charge in [0.2, 0.25) is 0 Å². The van der Waals surface area contributed by atoms with E-state index in [0.717, 1.165) is 22.8 Å². The second kappa shape index (κ2) is 13.1. The third-order valence-corrected chi connectivity index (χ3v) is 11.8. The fraction of sp³-hybridized carbons (Fsp3) is 0.0566. The number of para-hydroxylation sites is 2. The maximum absolute atomic E-state index is 6.57. The van der Waals surface area contributed by atoms with Crippen LogP contribution in [-0.2, 0) is 5.41 Å². The molecule has 0 saturated carbocycles. The Morgan fingerprint density at radius 3 is 1.59 bits per heavy atom. The molecule has 3 aliphatic rings. The molecule has 1 aliphatic carbocycles. The molecule has 2 unspecified atom stereocenters. The van der Waals surface area contributed by atoms with Crippen molar-refractivity contribution in [2.75, 3.05) is 0 Å². The lowest BCUT2D eigenvalue weighted by Crippen LogP contribution is -2.39. The zero-order valence-corrected chi connectivity index (χ0v) is 30.7. The van der Waals surface area contributed by atoms with Crippen molar-refractivity contribution in [2.24, 2.45) is 0 Å². The summed E-state index contributed by atoms with van der Waals surface area (Å²) in [4.78, 5) is 0. The number of hydrogen-bond donors (Lipinski definition) is 2. The first-order valence-electron chi connectivity index (χ1n) is 19.4. The van der Waals surface area contributed by atoms with Crippen LogP contribution in [0.15, 0.2) is 206 Å². The van der Waals surface area contributed by atoms with E-state index in [1.54, 1.807) is 0 Å². The standard InChI is InChI=1S/C53H38N2O/c1-3-15-35(16-4-1)48-34-49(55-52(54-48)36-17-5-2-6-18-36)41-22-14-21-39(32-41)37-19-13-20-38(31-37)40-29-30-43-42-23-7-8-24-44(42)53(47(43)33-40)45-25-9-11-27-50(45)56-51-28-12-10-26-46(51)53/h1-34,48,52,54-55H. The number of rotatable bonds is 5. The summed E-state index contributed by atoms with van der Waals surface area (Å²) in [5.74, 6) is 1.81. The molecular formula is C53H38N2O. The quantitative estimate of drug-likeness (QED) is 0.186. The largest absolute Gasteiger partial charge is 0.457 e. The van der Waals surface area contributed by atoms with Crippen molar-refractivity contribution in [2.45, 2.75) is 17.6 Å². The van der Waals surface area contributed by atoms with E-state index in [9.17, 15) is 0 Å². The van der Waals surface area contributed by atoms with Crippen molar-refractivity contribution in [1.82, 2.24) is 10.6 Å². The lowest BCUT2D eigenvalue weighted by Gasteiger charge is -2.39. The van der Waals surface area contributed by atoms with Gasteiger partial charge in [0.25, 0.3) is 0 Å². The molecule has 0 fully saturated rings. The Morgan fingerprint density at radius 1 is 0.393 bits per heavy atom. The summed E-state index contributed by atoms with van der Waals surface area (Å²) < 4.78 is 6.57. The van der Waals surface area contributed by atoms with Crippen LogP contribution in [-0.4, -0.2) is 0 Å². The van der Waals surface area contributed by atoms with Crippen LogP contribution >= 0.6 is 0 Å². The van der Waals surface area contributed by atoms with Crippen LogP contribution in [0.5, 0.6) is 11.5 Å². The third-order valence-electron chi connectivity index (χ3n) is 11.8. The number of hydrogen-bond acceptors (Lipinski definition) is 3. The SMILES string of the molecule is C1=C(c2cccc(-c3cccc(-c4ccc5c(c4)C4(c6ccccc6Oc6ccccc64)c4ccccc4-5)c3)c2)NC(c2ccccc2)NC1c1ccccc1. The van der Waals surface area contributed by atoms with Gasteiger partial charge >= 0.3 is 0 Å². The first-order chi connectivity index (χ1) is 27.7. The second-order valence-electron chi connectivity index (χ2n) is 14.9. The van der Waals surface area contributed by atoms with Crippen LogP contribution in [0, 0.1) is 0 Å². The molecule has 2 atom stereocenters. The maximum atomic E-state index is 6.57. The van der Waals surface area contributed by atoms with Crippen molar-refractivity contribution in [3.63, 3.8) is 0 Å². The number of benzene rings is 8. The van der Waals surface area contributed by atoms with Crippen LogP contribution in [0.25, 0.3) is 39.1 Å². The number of nitrogens with one attached hydrogen (secondary N) is 2. The average Bonchev–Trinajstić information content (AvgIpc) is 3.57. The van der Waals surface area contributed by atoms with Gasteiger partial charge in [0, 0.05) is 16.8 Å². The van der Waals surface area contributed by atoms with Crippen LogP contribution < -0.4 is 15.4 Å². The molecule has 0 saturated heterocycles. The van der Waals surface area contributed by atoms with Crippen LogP contribution in [0.4, 0.5) is 0 Å². The van der Waals surface area contributed by atoms with E-state index in [1.165, 1.54) is 66.8 Å². The van der Waals surface area contributed by atoms with Crippen LogP contribution in [0.3, 0.4) is 0 Å². The molecule has 0 amide bonds. The van der Waals surface area contributed by atoms with Crippen LogP contribution in [0.2, 0.25) is 0 Å². The molecule has 11 rings (SSSR count). The molecule has 0 bridgehead atoms. The van der Waals surface area contributed by atoms with E-state index in [-0.39, 0.29) is 12.2 Å². The topological polar surface area (TPSA) is 33.3 Å². The van der Waals surface area contributed by atoms with Gasteiger partial charge in [0.15, 0.2) is 0 Å². The molecule has 8 aromatic carbocycles. The van der Waals surface area contributed by atoms with Crippen molar-refractivity contribution in [3.05, 3.63) is 245 Å². The monoisotopic (exact) mass is 718 g/mol. The number of fused-ring (bicyclic) bond motifs is 9. The molecule has 1 spiro atoms. The smallest absolute Gasteiger partial charge is 0.132 e. The predicted octanol–water partition coefficient (Wildman–Crippen LogP) is 12.5. The zero-order valence-electron chi connectivity index (χ0n) is 30.7. The molecule has 56 heavy (non-hydrogen) atoms. The van der Waals surface area contributed by atoms with Crippen LogP contribution in [0.1, 0.15) is 51.2 Å². The highest BCUT2D eigenvalue weighted by Crippen LogP contribution is 2.62. The van der Waals surface area contributed by atoms with E-state index in [1.807, 2.05) is 0 Å². The zero-order chi connectivity index (χ0) is 37.1. The van der Waals surface area contributed by atoms with Crippen molar-refractivity contribution in [1.29, 1.82) is 0 Å². The Bertz CT molecular complexity index is 2760. The summed E-state index contributed by atoms with van der Waals surface area (Å²) in [5.41, 5.74) is 16.4. The molecule has 2 aliphatic heterocycles. The van der Waals surface area contributed by atoms with Gasteiger partial charge in [-0.1, -0.05) is 170 Å². The van der Waals surface area contributed by atoms with Gasteiger partial charge in [-0.25, -0.2) is 0 Å². The van der Waals surface area contributed by atoms with Gasteiger partial charge in [0.1, 0.15) is 17.7 Å². The molecule has 2 heterocycles. The third kappa shape index (κ3) is 5.16. The van der Waals surface area contributed by atoms with Gasteiger partial charge in [-0.05, 0) is 97.6 Å². The van der Waals surface area contributed by atoms with Crippen molar-refractivity contribution in [3.8, 4) is 44.9 Å². The molecule has 0 radical (unpaired) electrons. The minimum atomic E-state index is -0.496. The molecule has 266 valence electrons. The summed E-state index contributed by atoms with van der Waals surface area (Å²) in [5, 5.41) is 7.64. The summed E-state index contributed by atoms with van der Waals surface area (Å²) in [6.45, 7) is 0. The molecule has 0 aromatic heterocycles. The summed E-state index contributed by atoms with van der Waals surface area (Å²) in [6, 6.07) is 72.3. The Kier molecular flexibility index (Phi) is 7.61. The van der Waals surface area contributed by atoms with Gasteiger partial charge in [0.05, 0.1) is 11.5 Å². The van der Waals surface area contributed by atoms with Gasteiger partial charge in [-0.15, -0.1) is 0 Å². The van der Waals surface area contributed by atoms with E-state index < -0.39 is 5.41 Å². The van der Waals surface area contributed by atoms with E-state index in [0.29, 0.717) is 0 Å². The first-order valence-corrected chi connectivity index (χ1v) is 19.4. The molecular weight excluding hydrogens is 681 g/mol. The van der Waals surface area contributed by atoms with Gasteiger partial charge in [-0.3, -0.25) is 5.32 Å². The second-order valence-corrected chi connectivity index (χ2v) is 14.9. The highest BCUT2D eigenvalue weighted by molar-refractivity contribution is 5.90. The van der Waals surface area contributed by atoms with E-state index in [4.69, 9.17) is 4.74 Å². The van der Waals surface area contributed by atoms with Crippen molar-refractivity contribution >= 4 is 5.70 Å². The molecule has 3 nitrogen and oxygen atoms in total. The highest BCUT2D eigenvalue weighted by atomic mass is 16.5. The predicted molar refractivity (Wildman–Crippen MR) is 227 cm³/mol. The molecule has 8 aromatic rings. The minimum Gasteiger partial charge on any atom is -0.457 e. The fourth-order valence-electron chi connectivity index (χ4n) is 9.28. The highest BCUT2D eigenvalue weighted by Gasteiger charge is 2.51. The van der Waals surface area contributed by atoms with Gasteiger partial charge < -0.3 is 10.1 Å². The van der Waals surface area contributed by atoms with E-state index >= 15 is 0 Å². The van der Waals surface area contributed by atoms with Gasteiger partial charge in [-0.2, -0.15) is 0 Å². The summed E-state index contributed by atoms with van der Waals surface area (Å²) in [6.07, 6.45) is 2.28. The maximum Gasteiger partial charge on any atom is 0.132 e. The van der Waals surface area contributed by atoms with Crippen molar-refractivity contribution < 1.29 is 4.74 Å². The average molecular weight is 719 g/mol. The summed E-state index contributed by atoms with van der Waals surface area (Å²) >= 11 is 0. The molecule has 2 N–H and O–H groups in total. The normalized spacial score (nSPS) is 17.0. The Morgan fingerprint density at radius 2 is 0.911 bits per heavy atom. The lowest BCUT2D eigenvalue weighted by atomic mass is 9.66. The Balaban J connectivity index is 1.00. The number of ether oxygens (including phenoxy) is 1. The first kappa shape index (κ1) is 32.5. The van der Waals surface area contributed by atoms with E-state index in [2.05, 4.69) is 217 Å².